The lowest BCUT2D eigenvalue weighted by molar-refractivity contribution is -0.631. The quantitative estimate of drug-likeness (QED) is 0.215. The van der Waals surface area contributed by atoms with Gasteiger partial charge in [0.05, 0.1) is 10.2 Å². The van der Waals surface area contributed by atoms with E-state index in [1.807, 2.05) is 6.92 Å². The van der Waals surface area contributed by atoms with Gasteiger partial charge < -0.3 is 15.8 Å². The fourth-order valence-electron chi connectivity index (χ4n) is 0.623. The van der Waals surface area contributed by atoms with Crippen LogP contribution in [0.15, 0.2) is 5.10 Å². The smallest absolute Gasteiger partial charge is 0.280 e. The van der Waals surface area contributed by atoms with Crippen molar-refractivity contribution in [3.63, 3.8) is 0 Å². The average Bonchev–Trinajstić information content (AvgIpc) is 2.02. The van der Waals surface area contributed by atoms with Gasteiger partial charge >= 0.3 is 0 Å². The number of nitrogens with zero attached hydrogens (tertiary/aromatic N) is 3. The first-order valence-electron chi connectivity index (χ1n) is 3.90. The molecule has 0 aliphatic rings. The van der Waals surface area contributed by atoms with E-state index in [0.717, 1.165) is 12.8 Å². The van der Waals surface area contributed by atoms with Crippen molar-refractivity contribution in [3.05, 3.63) is 10.1 Å². The first-order valence-corrected chi connectivity index (χ1v) is 3.90. The second-order valence-corrected chi connectivity index (χ2v) is 2.35. The lowest BCUT2D eigenvalue weighted by Crippen LogP contribution is -2.36. The molecule has 74 valence electrons. The van der Waals surface area contributed by atoms with Gasteiger partial charge in [0, 0.05) is 11.5 Å². The minimum absolute atomic E-state index is 0.232. The summed E-state index contributed by atoms with van der Waals surface area (Å²) >= 11 is 0. The summed E-state index contributed by atoms with van der Waals surface area (Å²) in [6.45, 7) is 2.00. The molecule has 0 amide bonds. The van der Waals surface area contributed by atoms with Crippen LogP contribution in [0.3, 0.4) is 0 Å². The van der Waals surface area contributed by atoms with Crippen molar-refractivity contribution in [1.82, 2.24) is 5.12 Å². The molecule has 13 heavy (non-hydrogen) atoms. The summed E-state index contributed by atoms with van der Waals surface area (Å²) in [7, 11) is 0. The molecule has 0 aromatic rings. The molecule has 0 aliphatic carbocycles. The molecule has 0 saturated carbocycles. The lowest BCUT2D eigenvalue weighted by atomic mass is 10.3. The monoisotopic (exact) mass is 187 g/mol. The molecule has 0 heterocycles. The van der Waals surface area contributed by atoms with Crippen LogP contribution in [0.5, 0.6) is 0 Å². The summed E-state index contributed by atoms with van der Waals surface area (Å²) in [6, 6.07) is 0. The third-order valence-corrected chi connectivity index (χ3v) is 1.25. The number of nitrogens with one attached hydrogen (secondary N) is 1. The largest absolute Gasteiger partial charge is 0.363 e. The molecule has 0 aromatic carbocycles. The highest BCUT2D eigenvalue weighted by Gasteiger charge is 2.14. The molecule has 0 unspecified atom stereocenters. The Bertz CT molecular complexity index is 201. The molecule has 7 heteroatoms. The molecule has 0 aromatic heterocycles. The number of nitro groups is 1. The van der Waals surface area contributed by atoms with E-state index in [9.17, 15) is 10.1 Å². The maximum atomic E-state index is 10.2. The third kappa shape index (κ3) is 4.72. The predicted molar refractivity (Wildman–Crippen MR) is 48.8 cm³/mol. The first kappa shape index (κ1) is 11.3. The Kier molecular flexibility index (Phi) is 5.17. The molecule has 0 spiro atoms. The maximum Gasteiger partial charge on any atom is 0.280 e. The zero-order chi connectivity index (χ0) is 10.3. The molecule has 0 aliphatic heterocycles. The minimum atomic E-state index is -0.842. The van der Waals surface area contributed by atoms with Crippen molar-refractivity contribution in [2.24, 2.45) is 10.8 Å². The van der Waals surface area contributed by atoms with Crippen LogP contribution in [0.2, 0.25) is 0 Å². The number of hydrogen-bond acceptors (Lipinski definition) is 4. The SMILES string of the molecule is CCCCC=NN(C(=N)N)[N+](=O)[O-]. The highest BCUT2D eigenvalue weighted by molar-refractivity contribution is 5.74. The number of unbranched alkanes of at least 4 members (excludes halogenated alkanes) is 2. The second-order valence-electron chi connectivity index (χ2n) is 2.35. The molecule has 7 nitrogen and oxygen atoms in total. The number of hydrogen-bond donors (Lipinski definition) is 2. The van der Waals surface area contributed by atoms with Crippen LogP contribution in [0.4, 0.5) is 0 Å². The summed E-state index contributed by atoms with van der Waals surface area (Å²) in [5.74, 6) is -0.697. The van der Waals surface area contributed by atoms with Crippen molar-refractivity contribution < 1.29 is 5.03 Å². The van der Waals surface area contributed by atoms with Gasteiger partial charge in [0.2, 0.25) is 0 Å². The van der Waals surface area contributed by atoms with E-state index in [4.69, 9.17) is 11.1 Å². The van der Waals surface area contributed by atoms with Crippen LogP contribution in [0, 0.1) is 15.5 Å². The van der Waals surface area contributed by atoms with Gasteiger partial charge in [-0.25, -0.2) is 0 Å². The Morgan fingerprint density at radius 2 is 2.46 bits per heavy atom. The number of rotatable bonds is 5. The van der Waals surface area contributed by atoms with Crippen LogP contribution in [0.1, 0.15) is 26.2 Å². The molecule has 0 saturated heterocycles. The Labute approximate surface area is 75.8 Å². The summed E-state index contributed by atoms with van der Waals surface area (Å²) in [5.41, 5.74) is 4.91. The Morgan fingerprint density at radius 1 is 1.85 bits per heavy atom. The predicted octanol–water partition coefficient (Wildman–Crippen LogP) is 0.550. The van der Waals surface area contributed by atoms with Gasteiger partial charge in [-0.3, -0.25) is 5.41 Å². The van der Waals surface area contributed by atoms with E-state index in [-0.39, 0.29) is 5.12 Å². The third-order valence-electron chi connectivity index (χ3n) is 1.25. The van der Waals surface area contributed by atoms with Gasteiger partial charge in [-0.1, -0.05) is 13.3 Å². The Balaban J connectivity index is 4.03. The van der Waals surface area contributed by atoms with Gasteiger partial charge in [-0.05, 0) is 6.42 Å². The Morgan fingerprint density at radius 3 is 2.85 bits per heavy atom. The van der Waals surface area contributed by atoms with Gasteiger partial charge in [-0.2, -0.15) is 0 Å². The first-order chi connectivity index (χ1) is 6.09. The van der Waals surface area contributed by atoms with Gasteiger partial charge in [0.25, 0.3) is 5.96 Å². The lowest BCUT2D eigenvalue weighted by Gasteiger charge is -2.03. The molecule has 0 rings (SSSR count). The number of hydrazone groups is 1. The summed E-state index contributed by atoms with van der Waals surface area (Å²) < 4.78 is 0. The normalized spacial score (nSPS) is 10.2. The molecular weight excluding hydrogens is 174 g/mol. The zero-order valence-corrected chi connectivity index (χ0v) is 7.43. The van der Waals surface area contributed by atoms with Crippen LogP contribution < -0.4 is 5.73 Å². The molecule has 3 N–H and O–H groups in total. The highest BCUT2D eigenvalue weighted by atomic mass is 16.7. The molecular formula is C6H13N5O2. The highest BCUT2D eigenvalue weighted by Crippen LogP contribution is 1.92. The van der Waals surface area contributed by atoms with Crippen molar-refractivity contribution in [1.29, 1.82) is 5.41 Å². The average molecular weight is 187 g/mol. The van der Waals surface area contributed by atoms with E-state index < -0.39 is 11.0 Å². The van der Waals surface area contributed by atoms with Crippen LogP contribution in [0.25, 0.3) is 0 Å². The van der Waals surface area contributed by atoms with E-state index in [0.29, 0.717) is 6.42 Å². The second kappa shape index (κ2) is 5.92. The fourth-order valence-corrected chi connectivity index (χ4v) is 0.623. The van der Waals surface area contributed by atoms with E-state index >= 15 is 0 Å². The molecule has 0 atom stereocenters. The molecule has 0 fully saturated rings. The van der Waals surface area contributed by atoms with Crippen molar-refractivity contribution >= 4 is 12.2 Å². The summed E-state index contributed by atoms with van der Waals surface area (Å²) in [4.78, 5) is 10.2. The van der Waals surface area contributed by atoms with E-state index in [1.165, 1.54) is 6.21 Å². The van der Waals surface area contributed by atoms with Crippen LogP contribution in [-0.2, 0) is 0 Å². The van der Waals surface area contributed by atoms with Crippen molar-refractivity contribution in [3.8, 4) is 0 Å². The van der Waals surface area contributed by atoms with E-state index in [2.05, 4.69) is 5.10 Å². The number of hydrazine groups is 1. The number of guanidine groups is 1. The van der Waals surface area contributed by atoms with Crippen LogP contribution >= 0.6 is 0 Å². The molecule has 0 bridgehead atoms. The standard InChI is InChI=1S/C6H13N5O2/c1-2-3-4-5-9-10(6(7)8)11(12)13/h5H,2-4H2,1H3,(H3,7,8). The maximum absolute atomic E-state index is 10.2. The minimum Gasteiger partial charge on any atom is -0.363 e. The summed E-state index contributed by atoms with van der Waals surface area (Å²) in [5, 5.41) is 19.8. The van der Waals surface area contributed by atoms with Gasteiger partial charge in [-0.15, -0.1) is 0 Å². The zero-order valence-electron chi connectivity index (χ0n) is 7.43. The van der Waals surface area contributed by atoms with E-state index in [1.54, 1.807) is 0 Å². The van der Waals surface area contributed by atoms with Gasteiger partial charge in [0.15, 0.2) is 0 Å². The molecule has 0 radical (unpaired) electrons. The summed E-state index contributed by atoms with van der Waals surface area (Å²) in [6.07, 6.45) is 3.93. The van der Waals surface area contributed by atoms with Gasteiger partial charge in [0.1, 0.15) is 6.21 Å². The van der Waals surface area contributed by atoms with Crippen LogP contribution in [-0.4, -0.2) is 22.3 Å². The van der Waals surface area contributed by atoms with Crippen molar-refractivity contribution in [2.75, 3.05) is 0 Å². The number of nitrogens with two attached hydrogens (primary N) is 1. The fraction of sp³-hybridized carbons (Fsp3) is 0.667. The topological polar surface area (TPSA) is 109 Å². The van der Waals surface area contributed by atoms with Crippen molar-refractivity contribution in [2.45, 2.75) is 26.2 Å². The Hall–Kier alpha value is -1.66.